The fourth-order valence-corrected chi connectivity index (χ4v) is 1.31. The molecule has 1 unspecified atom stereocenters. The van der Waals surface area contributed by atoms with Crippen LogP contribution in [0.25, 0.3) is 0 Å². The number of hydrogen-bond acceptors (Lipinski definition) is 4. The van der Waals surface area contributed by atoms with Crippen LogP contribution in [0.3, 0.4) is 0 Å². The van der Waals surface area contributed by atoms with Gasteiger partial charge < -0.3 is 20.5 Å². The topological polar surface area (TPSA) is 73.6 Å². The molecule has 0 aliphatic carbocycles. The van der Waals surface area contributed by atoms with Crippen molar-refractivity contribution in [2.75, 3.05) is 19.4 Å². The van der Waals surface area contributed by atoms with Crippen LogP contribution >= 0.6 is 0 Å². The minimum absolute atomic E-state index is 0.172. The summed E-state index contributed by atoms with van der Waals surface area (Å²) in [7, 11) is 1.56. The van der Waals surface area contributed by atoms with E-state index in [-0.39, 0.29) is 5.91 Å². The average molecular weight is 238 g/mol. The summed E-state index contributed by atoms with van der Waals surface area (Å²) >= 11 is 0. The molecule has 0 aliphatic heterocycles. The number of carbonyl (C=O) groups excluding carboxylic acids is 1. The van der Waals surface area contributed by atoms with Crippen LogP contribution < -0.4 is 20.5 Å². The van der Waals surface area contributed by atoms with E-state index in [2.05, 4.69) is 5.32 Å². The first kappa shape index (κ1) is 13.2. The largest absolute Gasteiger partial charge is 0.497 e. The molecule has 1 aromatic rings. The number of methoxy groups -OCH3 is 1. The van der Waals surface area contributed by atoms with Crippen molar-refractivity contribution in [1.82, 2.24) is 5.32 Å². The summed E-state index contributed by atoms with van der Waals surface area (Å²) < 4.78 is 10.5. The molecule has 5 heteroatoms. The van der Waals surface area contributed by atoms with Gasteiger partial charge in [0.25, 0.3) is 5.91 Å². The highest BCUT2D eigenvalue weighted by molar-refractivity contribution is 5.80. The van der Waals surface area contributed by atoms with E-state index in [9.17, 15) is 4.79 Å². The molecule has 0 aliphatic rings. The van der Waals surface area contributed by atoms with Crippen molar-refractivity contribution in [3.63, 3.8) is 0 Å². The smallest absolute Gasteiger partial charge is 0.260 e. The summed E-state index contributed by atoms with van der Waals surface area (Å²) in [5.41, 5.74) is 6.23. The molecule has 0 heterocycles. The van der Waals surface area contributed by atoms with Gasteiger partial charge in [-0.15, -0.1) is 0 Å². The van der Waals surface area contributed by atoms with E-state index in [1.54, 1.807) is 32.2 Å². The third-order valence-electron chi connectivity index (χ3n) is 2.24. The molecular weight excluding hydrogens is 220 g/mol. The summed E-state index contributed by atoms with van der Waals surface area (Å²) in [6, 6.07) is 5.07. The lowest BCUT2D eigenvalue weighted by Gasteiger charge is -2.16. The van der Waals surface area contributed by atoms with Crippen molar-refractivity contribution in [3.05, 3.63) is 18.2 Å². The molecule has 0 bridgehead atoms. The predicted octanol–water partition coefficient (Wildman–Crippen LogP) is 1.18. The van der Waals surface area contributed by atoms with Crippen molar-refractivity contribution in [2.24, 2.45) is 0 Å². The maximum Gasteiger partial charge on any atom is 0.260 e. The normalized spacial score (nSPS) is 11.7. The summed E-state index contributed by atoms with van der Waals surface area (Å²) in [6.45, 7) is 4.09. The summed E-state index contributed by atoms with van der Waals surface area (Å²) in [4.78, 5) is 11.5. The minimum Gasteiger partial charge on any atom is -0.497 e. The Morgan fingerprint density at radius 3 is 2.82 bits per heavy atom. The maximum absolute atomic E-state index is 11.5. The van der Waals surface area contributed by atoms with Crippen LogP contribution in [-0.4, -0.2) is 25.7 Å². The number of likely N-dealkylation sites (N-methyl/N-ethyl adjacent to an activating group) is 1. The molecular formula is C12H18N2O3. The molecule has 94 valence electrons. The summed E-state index contributed by atoms with van der Waals surface area (Å²) in [5.74, 6) is 0.912. The number of rotatable bonds is 5. The standard InChI is InChI=1S/C12H18N2O3/c1-4-14-12(15)8(2)17-11-7-9(16-3)5-6-10(11)13/h5-8H,4,13H2,1-3H3,(H,14,15). The van der Waals surface area contributed by atoms with Gasteiger partial charge in [-0.05, 0) is 26.0 Å². The first-order valence-corrected chi connectivity index (χ1v) is 5.46. The van der Waals surface area contributed by atoms with Crippen LogP contribution in [0.2, 0.25) is 0 Å². The number of nitrogens with one attached hydrogen (secondary N) is 1. The Bertz CT molecular complexity index is 393. The fraction of sp³-hybridized carbons (Fsp3) is 0.417. The third-order valence-corrected chi connectivity index (χ3v) is 2.24. The van der Waals surface area contributed by atoms with Crippen molar-refractivity contribution in [3.8, 4) is 11.5 Å². The second-order valence-corrected chi connectivity index (χ2v) is 3.56. The molecule has 3 N–H and O–H groups in total. The van der Waals surface area contributed by atoms with E-state index in [1.165, 1.54) is 0 Å². The lowest BCUT2D eigenvalue weighted by atomic mass is 10.2. The molecule has 1 atom stereocenters. The van der Waals surface area contributed by atoms with Gasteiger partial charge >= 0.3 is 0 Å². The molecule has 0 saturated carbocycles. The number of ether oxygens (including phenoxy) is 2. The molecule has 17 heavy (non-hydrogen) atoms. The van der Waals surface area contributed by atoms with Gasteiger partial charge in [-0.3, -0.25) is 4.79 Å². The Hall–Kier alpha value is -1.91. The molecule has 0 saturated heterocycles. The zero-order chi connectivity index (χ0) is 12.8. The van der Waals surface area contributed by atoms with Gasteiger partial charge in [-0.2, -0.15) is 0 Å². The lowest BCUT2D eigenvalue weighted by Crippen LogP contribution is -2.36. The van der Waals surface area contributed by atoms with Crippen molar-refractivity contribution < 1.29 is 14.3 Å². The molecule has 0 spiro atoms. The maximum atomic E-state index is 11.5. The number of anilines is 1. The monoisotopic (exact) mass is 238 g/mol. The van der Waals surface area contributed by atoms with Gasteiger partial charge in [0, 0.05) is 12.6 Å². The zero-order valence-corrected chi connectivity index (χ0v) is 10.3. The van der Waals surface area contributed by atoms with E-state index >= 15 is 0 Å². The molecule has 1 rings (SSSR count). The van der Waals surface area contributed by atoms with Gasteiger partial charge in [-0.25, -0.2) is 0 Å². The van der Waals surface area contributed by atoms with E-state index < -0.39 is 6.10 Å². The quantitative estimate of drug-likeness (QED) is 0.755. The summed E-state index contributed by atoms with van der Waals surface area (Å²) in [6.07, 6.45) is -0.593. The summed E-state index contributed by atoms with van der Waals surface area (Å²) in [5, 5.41) is 2.68. The van der Waals surface area contributed by atoms with Crippen LogP contribution in [0.5, 0.6) is 11.5 Å². The van der Waals surface area contributed by atoms with Crippen LogP contribution in [0.4, 0.5) is 5.69 Å². The zero-order valence-electron chi connectivity index (χ0n) is 10.3. The number of benzene rings is 1. The van der Waals surface area contributed by atoms with E-state index in [0.717, 1.165) is 0 Å². The lowest BCUT2D eigenvalue weighted by molar-refractivity contribution is -0.127. The molecule has 1 amide bonds. The number of nitrogens with two attached hydrogens (primary N) is 1. The molecule has 0 radical (unpaired) electrons. The molecule has 5 nitrogen and oxygen atoms in total. The Morgan fingerprint density at radius 2 is 2.24 bits per heavy atom. The number of hydrogen-bond donors (Lipinski definition) is 2. The molecule has 0 fully saturated rings. The van der Waals surface area contributed by atoms with Crippen LogP contribution in [-0.2, 0) is 4.79 Å². The first-order chi connectivity index (χ1) is 8.08. The van der Waals surface area contributed by atoms with Gasteiger partial charge in [-0.1, -0.05) is 0 Å². The number of nitrogen functional groups attached to an aromatic ring is 1. The van der Waals surface area contributed by atoms with E-state index in [1.807, 2.05) is 6.92 Å². The van der Waals surface area contributed by atoms with Gasteiger partial charge in [0.15, 0.2) is 6.10 Å². The Balaban J connectivity index is 2.76. The van der Waals surface area contributed by atoms with Gasteiger partial charge in [0.05, 0.1) is 12.8 Å². The Kier molecular flexibility index (Phi) is 4.63. The Labute approximate surface area is 101 Å². The van der Waals surface area contributed by atoms with Crippen LogP contribution in [0.1, 0.15) is 13.8 Å². The van der Waals surface area contributed by atoms with Crippen molar-refractivity contribution in [1.29, 1.82) is 0 Å². The highest BCUT2D eigenvalue weighted by atomic mass is 16.5. The Morgan fingerprint density at radius 1 is 1.53 bits per heavy atom. The number of carbonyl (C=O) groups is 1. The third kappa shape index (κ3) is 3.55. The fourth-order valence-electron chi connectivity index (χ4n) is 1.31. The average Bonchev–Trinajstić information content (AvgIpc) is 2.32. The second-order valence-electron chi connectivity index (χ2n) is 3.56. The SMILES string of the molecule is CCNC(=O)C(C)Oc1cc(OC)ccc1N. The molecule has 0 aromatic heterocycles. The van der Waals surface area contributed by atoms with Crippen molar-refractivity contribution in [2.45, 2.75) is 20.0 Å². The number of amides is 1. The predicted molar refractivity (Wildman–Crippen MR) is 66.2 cm³/mol. The van der Waals surface area contributed by atoms with E-state index in [4.69, 9.17) is 15.2 Å². The highest BCUT2D eigenvalue weighted by Crippen LogP contribution is 2.27. The molecule has 1 aromatic carbocycles. The minimum atomic E-state index is -0.593. The van der Waals surface area contributed by atoms with E-state index in [0.29, 0.717) is 23.7 Å². The highest BCUT2D eigenvalue weighted by Gasteiger charge is 2.15. The van der Waals surface area contributed by atoms with Crippen LogP contribution in [0.15, 0.2) is 18.2 Å². The first-order valence-electron chi connectivity index (χ1n) is 5.46. The van der Waals surface area contributed by atoms with Gasteiger partial charge in [0.2, 0.25) is 0 Å². The van der Waals surface area contributed by atoms with Crippen LogP contribution in [0, 0.1) is 0 Å². The van der Waals surface area contributed by atoms with Gasteiger partial charge in [0.1, 0.15) is 11.5 Å². The van der Waals surface area contributed by atoms with Crippen molar-refractivity contribution >= 4 is 11.6 Å². The second kappa shape index (κ2) is 5.98.